The highest BCUT2D eigenvalue weighted by atomic mass is 16.5. The fourth-order valence-electron chi connectivity index (χ4n) is 1.40. The van der Waals surface area contributed by atoms with Gasteiger partial charge in [0.2, 0.25) is 5.89 Å². The van der Waals surface area contributed by atoms with Crippen LogP contribution in [0.15, 0.2) is 45.7 Å². The highest BCUT2D eigenvalue weighted by molar-refractivity contribution is 5.88. The summed E-state index contributed by atoms with van der Waals surface area (Å²) in [6.07, 6.45) is 1.17. The summed E-state index contributed by atoms with van der Waals surface area (Å²) in [5.74, 6) is -0.549. The van der Waals surface area contributed by atoms with Crippen LogP contribution < -0.4 is 5.63 Å². The average molecular weight is 245 g/mol. The standard InChI is InChI=1S/C13H11NO4/c1-2-17-12(15)10-8-14-11(18-13(10)16)9-6-4-3-5-7-9/h3-8H,2H2,1H3. The number of nitrogens with zero attached hydrogens (tertiary/aromatic N) is 1. The zero-order valence-electron chi connectivity index (χ0n) is 9.75. The number of hydrogen-bond donors (Lipinski definition) is 0. The van der Waals surface area contributed by atoms with Gasteiger partial charge in [-0.3, -0.25) is 0 Å². The molecule has 0 amide bonds. The van der Waals surface area contributed by atoms with E-state index in [1.54, 1.807) is 31.2 Å². The molecule has 5 heteroatoms. The molecule has 5 nitrogen and oxygen atoms in total. The number of esters is 1. The quantitative estimate of drug-likeness (QED) is 0.772. The Kier molecular flexibility index (Phi) is 3.52. The van der Waals surface area contributed by atoms with Crippen molar-refractivity contribution < 1.29 is 13.9 Å². The van der Waals surface area contributed by atoms with Gasteiger partial charge in [0.05, 0.1) is 12.8 Å². The van der Waals surface area contributed by atoms with Crippen molar-refractivity contribution in [3.8, 4) is 11.5 Å². The first-order valence-corrected chi connectivity index (χ1v) is 5.45. The summed E-state index contributed by atoms with van der Waals surface area (Å²) in [5.41, 5.74) is -0.274. The lowest BCUT2D eigenvalue weighted by Gasteiger charge is -2.01. The number of ether oxygens (including phenoxy) is 1. The van der Waals surface area contributed by atoms with Crippen LogP contribution in [0.4, 0.5) is 0 Å². The minimum Gasteiger partial charge on any atom is -0.462 e. The molecule has 0 atom stereocenters. The van der Waals surface area contributed by atoms with Crippen molar-refractivity contribution in [3.63, 3.8) is 0 Å². The molecule has 0 aliphatic heterocycles. The third-order valence-corrected chi connectivity index (χ3v) is 2.24. The van der Waals surface area contributed by atoms with Crippen LogP contribution >= 0.6 is 0 Å². The predicted octanol–water partition coefficient (Wildman–Crippen LogP) is 1.88. The molecule has 18 heavy (non-hydrogen) atoms. The molecule has 0 fully saturated rings. The van der Waals surface area contributed by atoms with Crippen LogP contribution in [-0.4, -0.2) is 17.6 Å². The van der Waals surface area contributed by atoms with Crippen molar-refractivity contribution in [2.24, 2.45) is 0 Å². The first-order valence-electron chi connectivity index (χ1n) is 5.45. The maximum absolute atomic E-state index is 11.6. The first kappa shape index (κ1) is 12.0. The van der Waals surface area contributed by atoms with Gasteiger partial charge in [0.25, 0.3) is 0 Å². The summed E-state index contributed by atoms with van der Waals surface area (Å²) in [4.78, 5) is 27.0. The van der Waals surface area contributed by atoms with Gasteiger partial charge in [-0.15, -0.1) is 0 Å². The molecule has 92 valence electrons. The van der Waals surface area contributed by atoms with Crippen LogP contribution in [0, 0.1) is 0 Å². The van der Waals surface area contributed by atoms with Gasteiger partial charge in [0, 0.05) is 5.56 Å². The van der Waals surface area contributed by atoms with Gasteiger partial charge in [-0.05, 0) is 19.1 Å². The fraction of sp³-hybridized carbons (Fsp3) is 0.154. The van der Waals surface area contributed by atoms with Gasteiger partial charge in [-0.25, -0.2) is 14.6 Å². The number of hydrogen-bond acceptors (Lipinski definition) is 5. The Balaban J connectivity index is 2.37. The Morgan fingerprint density at radius 3 is 2.67 bits per heavy atom. The van der Waals surface area contributed by atoms with Crippen molar-refractivity contribution in [2.45, 2.75) is 6.92 Å². The van der Waals surface area contributed by atoms with Crippen molar-refractivity contribution in [3.05, 3.63) is 52.5 Å². The maximum Gasteiger partial charge on any atom is 0.353 e. The van der Waals surface area contributed by atoms with Gasteiger partial charge in [-0.1, -0.05) is 18.2 Å². The Hall–Kier alpha value is -2.43. The lowest BCUT2D eigenvalue weighted by Crippen LogP contribution is -2.17. The topological polar surface area (TPSA) is 69.4 Å². The van der Waals surface area contributed by atoms with Crippen LogP contribution in [-0.2, 0) is 4.74 Å². The molecule has 1 heterocycles. The summed E-state index contributed by atoms with van der Waals surface area (Å²) >= 11 is 0. The van der Waals surface area contributed by atoms with E-state index >= 15 is 0 Å². The molecule has 0 saturated heterocycles. The molecule has 0 N–H and O–H groups in total. The van der Waals surface area contributed by atoms with E-state index in [9.17, 15) is 9.59 Å². The number of carbonyl (C=O) groups is 1. The van der Waals surface area contributed by atoms with E-state index in [-0.39, 0.29) is 18.1 Å². The maximum atomic E-state index is 11.6. The Morgan fingerprint density at radius 2 is 2.06 bits per heavy atom. The fourth-order valence-corrected chi connectivity index (χ4v) is 1.40. The Morgan fingerprint density at radius 1 is 1.33 bits per heavy atom. The molecule has 0 bridgehead atoms. The summed E-state index contributed by atoms with van der Waals surface area (Å²) in [5, 5.41) is 0. The third kappa shape index (κ3) is 2.45. The largest absolute Gasteiger partial charge is 0.462 e. The van der Waals surface area contributed by atoms with E-state index < -0.39 is 11.6 Å². The molecule has 0 unspecified atom stereocenters. The summed E-state index contributed by atoms with van der Waals surface area (Å²) in [6, 6.07) is 8.96. The Labute approximate surface area is 103 Å². The van der Waals surface area contributed by atoms with E-state index in [1.807, 2.05) is 6.07 Å². The SMILES string of the molecule is CCOC(=O)c1cnc(-c2ccccc2)oc1=O. The molecule has 2 aromatic rings. The van der Waals surface area contributed by atoms with Gasteiger partial charge >= 0.3 is 11.6 Å². The van der Waals surface area contributed by atoms with E-state index in [0.717, 1.165) is 0 Å². The van der Waals surface area contributed by atoms with Crippen LogP contribution in [0.1, 0.15) is 17.3 Å². The number of carbonyl (C=O) groups excluding carboxylic acids is 1. The van der Waals surface area contributed by atoms with Gasteiger partial charge < -0.3 is 9.15 Å². The lowest BCUT2D eigenvalue weighted by molar-refractivity contribution is 0.0520. The Bertz CT molecular complexity index is 604. The van der Waals surface area contributed by atoms with Crippen molar-refractivity contribution >= 4 is 5.97 Å². The third-order valence-electron chi connectivity index (χ3n) is 2.24. The molecule has 0 aliphatic rings. The summed E-state index contributed by atoms with van der Waals surface area (Å²) < 4.78 is 9.71. The highest BCUT2D eigenvalue weighted by Gasteiger charge is 2.15. The molecule has 1 aromatic carbocycles. The minimum absolute atomic E-state index is 0.175. The predicted molar refractivity (Wildman–Crippen MR) is 64.2 cm³/mol. The number of rotatable bonds is 3. The van der Waals surface area contributed by atoms with Gasteiger partial charge in [0.15, 0.2) is 5.56 Å². The molecule has 0 saturated carbocycles. The molecule has 0 spiro atoms. The van der Waals surface area contributed by atoms with Crippen molar-refractivity contribution in [1.82, 2.24) is 4.98 Å². The number of aromatic nitrogens is 1. The molecular formula is C13H11NO4. The van der Waals surface area contributed by atoms with Gasteiger partial charge in [0.1, 0.15) is 0 Å². The van der Waals surface area contributed by atoms with Gasteiger partial charge in [-0.2, -0.15) is 0 Å². The van der Waals surface area contributed by atoms with Crippen molar-refractivity contribution in [2.75, 3.05) is 6.61 Å². The van der Waals surface area contributed by atoms with E-state index in [2.05, 4.69) is 4.98 Å². The monoisotopic (exact) mass is 245 g/mol. The minimum atomic E-state index is -0.748. The second kappa shape index (κ2) is 5.27. The summed E-state index contributed by atoms with van der Waals surface area (Å²) in [7, 11) is 0. The van der Waals surface area contributed by atoms with E-state index in [0.29, 0.717) is 5.56 Å². The molecule has 0 radical (unpaired) electrons. The highest BCUT2D eigenvalue weighted by Crippen LogP contribution is 2.14. The smallest absolute Gasteiger partial charge is 0.353 e. The molecular weight excluding hydrogens is 234 g/mol. The van der Waals surface area contributed by atoms with Crippen LogP contribution in [0.3, 0.4) is 0 Å². The molecule has 2 rings (SSSR count). The normalized spacial score (nSPS) is 10.1. The molecule has 0 aliphatic carbocycles. The zero-order valence-corrected chi connectivity index (χ0v) is 9.75. The second-order valence-electron chi connectivity index (χ2n) is 3.45. The van der Waals surface area contributed by atoms with Crippen LogP contribution in [0.25, 0.3) is 11.5 Å². The van der Waals surface area contributed by atoms with Crippen LogP contribution in [0.5, 0.6) is 0 Å². The van der Waals surface area contributed by atoms with E-state index in [4.69, 9.17) is 9.15 Å². The lowest BCUT2D eigenvalue weighted by atomic mass is 10.2. The van der Waals surface area contributed by atoms with Crippen molar-refractivity contribution in [1.29, 1.82) is 0 Å². The number of benzene rings is 1. The second-order valence-corrected chi connectivity index (χ2v) is 3.45. The molecule has 1 aromatic heterocycles. The van der Waals surface area contributed by atoms with Crippen LogP contribution in [0.2, 0.25) is 0 Å². The summed E-state index contributed by atoms with van der Waals surface area (Å²) in [6.45, 7) is 1.85. The zero-order chi connectivity index (χ0) is 13.0. The first-order chi connectivity index (χ1) is 8.72. The van der Waals surface area contributed by atoms with E-state index in [1.165, 1.54) is 6.20 Å². The average Bonchev–Trinajstić information content (AvgIpc) is 2.40.